The molecule has 0 bridgehead atoms. The van der Waals surface area contributed by atoms with Gasteiger partial charge in [-0.1, -0.05) is 103 Å². The van der Waals surface area contributed by atoms with Crippen molar-refractivity contribution in [3.8, 4) is 11.1 Å². The van der Waals surface area contributed by atoms with Gasteiger partial charge in [-0.25, -0.2) is 0 Å². The highest BCUT2D eigenvalue weighted by Crippen LogP contribution is 2.44. The van der Waals surface area contributed by atoms with Gasteiger partial charge in [-0.3, -0.25) is 9.59 Å². The van der Waals surface area contributed by atoms with E-state index in [0.29, 0.717) is 21.8 Å². The molecule has 0 spiro atoms. The first kappa shape index (κ1) is 22.1. The Morgan fingerprint density at radius 3 is 2.15 bits per heavy atom. The molecule has 1 aliphatic rings. The van der Waals surface area contributed by atoms with Crippen LogP contribution in [0.5, 0.6) is 0 Å². The average molecular weight is 468 g/mol. The third-order valence-electron chi connectivity index (χ3n) is 6.26. The zero-order chi connectivity index (χ0) is 23.7. The molecule has 1 unspecified atom stereocenters. The maximum Gasteiger partial charge on any atom is 0.264 e. The van der Waals surface area contributed by atoms with Crippen LogP contribution in [-0.2, 0) is 16.9 Å². The van der Waals surface area contributed by atoms with Gasteiger partial charge in [0.15, 0.2) is 11.4 Å². The minimum atomic E-state index is -1.94. The molecule has 5 heteroatoms. The number of amides is 1. The van der Waals surface area contributed by atoms with Gasteiger partial charge in [0.05, 0.1) is 18.7 Å². The van der Waals surface area contributed by atoms with Crippen molar-refractivity contribution in [1.82, 2.24) is 0 Å². The number of Topliss-reactive ketones (excluding diaryl/α,β-unsaturated/α-hetero) is 1. The van der Waals surface area contributed by atoms with E-state index in [-0.39, 0.29) is 18.7 Å². The van der Waals surface area contributed by atoms with E-state index in [0.717, 1.165) is 16.7 Å². The Hall–Kier alpha value is -3.73. The monoisotopic (exact) mass is 467 g/mol. The zero-order valence-electron chi connectivity index (χ0n) is 18.3. The van der Waals surface area contributed by atoms with Gasteiger partial charge in [0.2, 0.25) is 0 Å². The van der Waals surface area contributed by atoms with Crippen LogP contribution in [-0.4, -0.2) is 16.8 Å². The summed E-state index contributed by atoms with van der Waals surface area (Å²) in [5.41, 5.74) is 2.33. The van der Waals surface area contributed by atoms with Crippen LogP contribution in [0.25, 0.3) is 11.1 Å². The zero-order valence-corrected chi connectivity index (χ0v) is 19.1. The number of aliphatic hydroxyl groups is 1. The van der Waals surface area contributed by atoms with Crippen LogP contribution in [0.3, 0.4) is 0 Å². The summed E-state index contributed by atoms with van der Waals surface area (Å²) in [5, 5.41) is 12.1. The van der Waals surface area contributed by atoms with Crippen LogP contribution in [0.4, 0.5) is 5.69 Å². The van der Waals surface area contributed by atoms with Crippen LogP contribution in [0.1, 0.15) is 27.9 Å². The topological polar surface area (TPSA) is 57.6 Å². The van der Waals surface area contributed by atoms with E-state index in [2.05, 4.69) is 0 Å². The molecule has 4 nitrogen and oxygen atoms in total. The molecular formula is C29H22ClNO3. The van der Waals surface area contributed by atoms with Crippen molar-refractivity contribution in [1.29, 1.82) is 0 Å². The molecule has 1 aliphatic heterocycles. The second-order valence-corrected chi connectivity index (χ2v) is 8.81. The fourth-order valence-corrected chi connectivity index (χ4v) is 4.64. The van der Waals surface area contributed by atoms with Crippen LogP contribution in [0.15, 0.2) is 103 Å². The summed E-state index contributed by atoms with van der Waals surface area (Å²) in [5.74, 6) is -0.826. The lowest BCUT2D eigenvalue weighted by atomic mass is 9.88. The molecule has 168 valence electrons. The minimum Gasteiger partial charge on any atom is -0.375 e. The third kappa shape index (κ3) is 3.92. The number of hydrogen-bond acceptors (Lipinski definition) is 3. The molecule has 1 atom stereocenters. The molecule has 4 aromatic carbocycles. The van der Waals surface area contributed by atoms with Crippen molar-refractivity contribution in [2.75, 3.05) is 4.90 Å². The summed E-state index contributed by atoms with van der Waals surface area (Å²) in [6.45, 7) is 0.206. The number of para-hydroxylation sites is 1. The van der Waals surface area contributed by atoms with E-state index in [9.17, 15) is 14.7 Å². The van der Waals surface area contributed by atoms with Gasteiger partial charge >= 0.3 is 0 Å². The molecule has 0 fully saturated rings. The van der Waals surface area contributed by atoms with E-state index < -0.39 is 11.5 Å². The molecule has 0 aliphatic carbocycles. The van der Waals surface area contributed by atoms with Crippen molar-refractivity contribution >= 4 is 29.0 Å². The molecule has 1 N–H and O–H groups in total. The van der Waals surface area contributed by atoms with Gasteiger partial charge in [0.25, 0.3) is 5.91 Å². The van der Waals surface area contributed by atoms with Crippen molar-refractivity contribution in [2.24, 2.45) is 0 Å². The van der Waals surface area contributed by atoms with E-state index in [1.165, 1.54) is 4.90 Å². The highest BCUT2D eigenvalue weighted by atomic mass is 35.5. The standard InChI is InChI=1S/C29H22ClNO3/c30-25-12-6-4-10-23(25)19-31-26-13-7-5-11-24(26)29(34,28(31)33)18-27(32)22-16-14-21(15-17-22)20-8-2-1-3-9-20/h1-17,34H,18-19H2. The normalized spacial score (nSPS) is 17.0. The maximum absolute atomic E-state index is 13.5. The first-order chi connectivity index (χ1) is 16.5. The Balaban J connectivity index is 1.42. The van der Waals surface area contributed by atoms with Crippen LogP contribution < -0.4 is 4.90 Å². The van der Waals surface area contributed by atoms with Crippen LogP contribution in [0.2, 0.25) is 5.02 Å². The molecular weight excluding hydrogens is 446 g/mol. The SMILES string of the molecule is O=C(CC1(O)C(=O)N(Cc2ccccc2Cl)c2ccccc21)c1ccc(-c2ccccc2)cc1. The molecule has 1 heterocycles. The summed E-state index contributed by atoms with van der Waals surface area (Å²) in [6, 6.07) is 31.4. The number of rotatable bonds is 6. The number of halogens is 1. The van der Waals surface area contributed by atoms with Crippen LogP contribution >= 0.6 is 11.6 Å². The molecule has 0 saturated heterocycles. The number of fused-ring (bicyclic) bond motifs is 1. The van der Waals surface area contributed by atoms with Gasteiger partial charge in [-0.05, 0) is 28.8 Å². The van der Waals surface area contributed by atoms with E-state index in [1.807, 2.05) is 66.7 Å². The predicted octanol–water partition coefficient (Wildman–Crippen LogP) is 6.01. The fraction of sp³-hybridized carbons (Fsp3) is 0.103. The van der Waals surface area contributed by atoms with Crippen molar-refractivity contribution in [3.63, 3.8) is 0 Å². The number of benzene rings is 4. The first-order valence-electron chi connectivity index (χ1n) is 11.0. The molecule has 1 amide bonds. The summed E-state index contributed by atoms with van der Waals surface area (Å²) in [7, 11) is 0. The van der Waals surface area contributed by atoms with Crippen molar-refractivity contribution < 1.29 is 14.7 Å². The Bertz CT molecular complexity index is 1370. The lowest BCUT2D eigenvalue weighted by Crippen LogP contribution is -2.41. The number of anilines is 1. The molecule has 0 saturated carbocycles. The van der Waals surface area contributed by atoms with Gasteiger partial charge in [0.1, 0.15) is 0 Å². The van der Waals surface area contributed by atoms with Gasteiger partial charge < -0.3 is 10.0 Å². The van der Waals surface area contributed by atoms with Crippen LogP contribution in [0, 0.1) is 0 Å². The lowest BCUT2D eigenvalue weighted by molar-refractivity contribution is -0.136. The second kappa shape index (κ2) is 8.90. The Labute approximate surface area is 203 Å². The number of ketones is 1. The predicted molar refractivity (Wildman–Crippen MR) is 134 cm³/mol. The third-order valence-corrected chi connectivity index (χ3v) is 6.62. The molecule has 34 heavy (non-hydrogen) atoms. The number of hydrogen-bond donors (Lipinski definition) is 1. The number of nitrogens with zero attached hydrogens (tertiary/aromatic N) is 1. The maximum atomic E-state index is 13.5. The minimum absolute atomic E-state index is 0.206. The quantitative estimate of drug-likeness (QED) is 0.353. The van der Waals surface area contributed by atoms with E-state index >= 15 is 0 Å². The van der Waals surface area contributed by atoms with E-state index in [4.69, 9.17) is 11.6 Å². The van der Waals surface area contributed by atoms with E-state index in [1.54, 1.807) is 36.4 Å². The fourth-order valence-electron chi connectivity index (χ4n) is 4.44. The Morgan fingerprint density at radius 1 is 0.794 bits per heavy atom. The molecule has 4 aromatic rings. The summed E-state index contributed by atoms with van der Waals surface area (Å²) in [4.78, 5) is 28.2. The summed E-state index contributed by atoms with van der Waals surface area (Å²) < 4.78 is 0. The Kier molecular flexibility index (Phi) is 5.78. The number of carbonyl (C=O) groups is 2. The summed E-state index contributed by atoms with van der Waals surface area (Å²) >= 11 is 6.32. The number of carbonyl (C=O) groups excluding carboxylic acids is 2. The smallest absolute Gasteiger partial charge is 0.264 e. The largest absolute Gasteiger partial charge is 0.375 e. The highest BCUT2D eigenvalue weighted by Gasteiger charge is 2.50. The van der Waals surface area contributed by atoms with Gasteiger partial charge in [-0.15, -0.1) is 0 Å². The summed E-state index contributed by atoms with van der Waals surface area (Å²) in [6.07, 6.45) is -0.341. The van der Waals surface area contributed by atoms with Gasteiger partial charge in [-0.2, -0.15) is 0 Å². The van der Waals surface area contributed by atoms with Crippen molar-refractivity contribution in [3.05, 3.63) is 125 Å². The molecule has 5 rings (SSSR count). The van der Waals surface area contributed by atoms with Crippen molar-refractivity contribution in [2.45, 2.75) is 18.6 Å². The first-order valence-corrected chi connectivity index (χ1v) is 11.4. The average Bonchev–Trinajstić information content (AvgIpc) is 3.08. The highest BCUT2D eigenvalue weighted by molar-refractivity contribution is 6.31. The lowest BCUT2D eigenvalue weighted by Gasteiger charge is -2.23. The second-order valence-electron chi connectivity index (χ2n) is 8.40. The molecule has 0 aromatic heterocycles. The van der Waals surface area contributed by atoms with Gasteiger partial charge in [0, 0.05) is 16.1 Å². The molecule has 0 radical (unpaired) electrons. The Morgan fingerprint density at radius 2 is 1.41 bits per heavy atom.